The molecule has 1 aromatic heterocycles. The van der Waals surface area contributed by atoms with E-state index in [0.717, 1.165) is 0 Å². The highest BCUT2D eigenvalue weighted by atomic mass is 16.5. The van der Waals surface area contributed by atoms with Crippen molar-refractivity contribution >= 4 is 23.0 Å². The lowest BCUT2D eigenvalue weighted by atomic mass is 10.2. The number of primary amides is 1. The van der Waals surface area contributed by atoms with Crippen molar-refractivity contribution in [3.63, 3.8) is 0 Å². The summed E-state index contributed by atoms with van der Waals surface area (Å²) in [5.74, 6) is 0.694. The molecule has 138 valence electrons. The number of amides is 1. The fourth-order valence-electron chi connectivity index (χ4n) is 2.53. The molecule has 0 fully saturated rings. The standard InChI is InChI=1S/C19H18N4O4/c1-12-22-15-6-4-3-5-14(15)19(25)23(12)21-10-13-7-8-16(17(9-13)26-2)27-11-18(20)24/h3-10H,11H2,1-2H3,(H2,20,24). The van der Waals surface area contributed by atoms with Gasteiger partial charge in [-0.15, -0.1) is 0 Å². The van der Waals surface area contributed by atoms with Crippen LogP contribution in [0.5, 0.6) is 11.5 Å². The maximum absolute atomic E-state index is 12.6. The fourth-order valence-corrected chi connectivity index (χ4v) is 2.53. The number of aryl methyl sites for hydroxylation is 1. The molecule has 0 radical (unpaired) electrons. The first-order valence-corrected chi connectivity index (χ1v) is 8.11. The molecule has 0 saturated carbocycles. The van der Waals surface area contributed by atoms with Crippen LogP contribution in [-0.4, -0.2) is 35.5 Å². The van der Waals surface area contributed by atoms with Gasteiger partial charge in [-0.2, -0.15) is 9.78 Å². The highest BCUT2D eigenvalue weighted by molar-refractivity contribution is 5.81. The molecule has 8 nitrogen and oxygen atoms in total. The van der Waals surface area contributed by atoms with Gasteiger partial charge in [0, 0.05) is 0 Å². The van der Waals surface area contributed by atoms with Gasteiger partial charge >= 0.3 is 0 Å². The van der Waals surface area contributed by atoms with Gasteiger partial charge in [0.1, 0.15) is 5.82 Å². The highest BCUT2D eigenvalue weighted by Gasteiger charge is 2.08. The fraction of sp³-hybridized carbons (Fsp3) is 0.158. The highest BCUT2D eigenvalue weighted by Crippen LogP contribution is 2.27. The van der Waals surface area contributed by atoms with Crippen LogP contribution in [0.1, 0.15) is 11.4 Å². The van der Waals surface area contributed by atoms with Crippen molar-refractivity contribution in [3.05, 3.63) is 64.2 Å². The molecule has 0 saturated heterocycles. The van der Waals surface area contributed by atoms with E-state index in [9.17, 15) is 9.59 Å². The Balaban J connectivity index is 1.93. The van der Waals surface area contributed by atoms with Crippen molar-refractivity contribution in [2.75, 3.05) is 13.7 Å². The quantitative estimate of drug-likeness (QED) is 0.664. The van der Waals surface area contributed by atoms with E-state index in [0.29, 0.717) is 33.8 Å². The summed E-state index contributed by atoms with van der Waals surface area (Å²) in [7, 11) is 1.48. The van der Waals surface area contributed by atoms with E-state index in [2.05, 4.69) is 10.1 Å². The third kappa shape index (κ3) is 3.95. The number of ether oxygens (including phenoxy) is 2. The van der Waals surface area contributed by atoms with E-state index >= 15 is 0 Å². The van der Waals surface area contributed by atoms with E-state index in [1.807, 2.05) is 6.07 Å². The number of aromatic nitrogens is 2. The molecule has 3 aromatic rings. The summed E-state index contributed by atoms with van der Waals surface area (Å²) in [6.07, 6.45) is 1.52. The number of benzene rings is 2. The van der Waals surface area contributed by atoms with E-state index < -0.39 is 5.91 Å². The van der Waals surface area contributed by atoms with Crippen molar-refractivity contribution in [3.8, 4) is 11.5 Å². The summed E-state index contributed by atoms with van der Waals surface area (Å²) in [4.78, 5) is 27.9. The number of fused-ring (bicyclic) bond motifs is 1. The molecule has 0 aliphatic heterocycles. The Hall–Kier alpha value is -3.68. The predicted molar refractivity (Wildman–Crippen MR) is 101 cm³/mol. The van der Waals surface area contributed by atoms with Crippen molar-refractivity contribution in [1.29, 1.82) is 0 Å². The van der Waals surface area contributed by atoms with E-state index in [1.165, 1.54) is 18.0 Å². The summed E-state index contributed by atoms with van der Waals surface area (Å²) in [6, 6.07) is 12.1. The Morgan fingerprint density at radius 2 is 2.04 bits per heavy atom. The second-order valence-electron chi connectivity index (χ2n) is 5.70. The molecule has 0 aliphatic carbocycles. The Kier molecular flexibility index (Phi) is 5.16. The number of para-hydroxylation sites is 1. The first-order valence-electron chi connectivity index (χ1n) is 8.11. The molecular weight excluding hydrogens is 348 g/mol. The number of hydrogen-bond acceptors (Lipinski definition) is 6. The zero-order valence-electron chi connectivity index (χ0n) is 14.9. The van der Waals surface area contributed by atoms with Crippen LogP contribution >= 0.6 is 0 Å². The van der Waals surface area contributed by atoms with Gasteiger partial charge in [-0.25, -0.2) is 4.98 Å². The monoisotopic (exact) mass is 366 g/mol. The first-order chi connectivity index (χ1) is 13.0. The molecule has 27 heavy (non-hydrogen) atoms. The normalized spacial score (nSPS) is 11.0. The number of methoxy groups -OCH3 is 1. The zero-order valence-corrected chi connectivity index (χ0v) is 14.9. The van der Waals surface area contributed by atoms with E-state index in [-0.39, 0.29) is 12.2 Å². The summed E-state index contributed by atoms with van der Waals surface area (Å²) in [6.45, 7) is 1.47. The van der Waals surface area contributed by atoms with Crippen LogP contribution in [-0.2, 0) is 4.79 Å². The number of rotatable bonds is 6. The summed E-state index contributed by atoms with van der Waals surface area (Å²) in [5, 5.41) is 4.74. The molecule has 2 N–H and O–H groups in total. The molecule has 1 heterocycles. The van der Waals surface area contributed by atoms with Gasteiger partial charge in [0.05, 0.1) is 24.2 Å². The number of carbonyl (C=O) groups is 1. The minimum absolute atomic E-state index is 0.247. The molecule has 0 bridgehead atoms. The van der Waals surface area contributed by atoms with Crippen LogP contribution < -0.4 is 20.8 Å². The SMILES string of the molecule is COc1cc(C=Nn2c(C)nc3ccccc3c2=O)ccc1OCC(N)=O. The molecule has 3 rings (SSSR count). The molecule has 1 amide bonds. The van der Waals surface area contributed by atoms with Crippen molar-refractivity contribution < 1.29 is 14.3 Å². The number of nitrogens with two attached hydrogens (primary N) is 1. The Morgan fingerprint density at radius 3 is 2.78 bits per heavy atom. The molecule has 0 spiro atoms. The van der Waals surface area contributed by atoms with E-state index in [4.69, 9.17) is 15.2 Å². The Morgan fingerprint density at radius 1 is 1.26 bits per heavy atom. The predicted octanol–water partition coefficient (Wildman–Crippen LogP) is 1.46. The average molecular weight is 366 g/mol. The van der Waals surface area contributed by atoms with Crippen LogP contribution in [0, 0.1) is 6.92 Å². The van der Waals surface area contributed by atoms with Gasteiger partial charge < -0.3 is 15.2 Å². The molecule has 8 heteroatoms. The van der Waals surface area contributed by atoms with Crippen molar-refractivity contribution in [2.45, 2.75) is 6.92 Å². The maximum Gasteiger partial charge on any atom is 0.282 e. The Labute approximate surface area is 154 Å². The second-order valence-corrected chi connectivity index (χ2v) is 5.70. The van der Waals surface area contributed by atoms with Crippen molar-refractivity contribution in [2.24, 2.45) is 10.8 Å². The lowest BCUT2D eigenvalue weighted by Gasteiger charge is -2.10. The number of carbonyl (C=O) groups excluding carboxylic acids is 1. The largest absolute Gasteiger partial charge is 0.493 e. The minimum Gasteiger partial charge on any atom is -0.493 e. The zero-order chi connectivity index (χ0) is 19.4. The molecule has 0 unspecified atom stereocenters. The van der Waals surface area contributed by atoms with Crippen LogP contribution in [0.2, 0.25) is 0 Å². The van der Waals surface area contributed by atoms with Crippen LogP contribution in [0.25, 0.3) is 10.9 Å². The molecule has 2 aromatic carbocycles. The van der Waals surface area contributed by atoms with Gasteiger partial charge in [0.25, 0.3) is 11.5 Å². The van der Waals surface area contributed by atoms with Crippen LogP contribution in [0.4, 0.5) is 0 Å². The minimum atomic E-state index is -0.582. The van der Waals surface area contributed by atoms with Gasteiger partial charge in [0.15, 0.2) is 18.1 Å². The number of nitrogens with zero attached hydrogens (tertiary/aromatic N) is 3. The van der Waals surface area contributed by atoms with Crippen LogP contribution in [0.15, 0.2) is 52.4 Å². The molecule has 0 atom stereocenters. The van der Waals surface area contributed by atoms with Crippen LogP contribution in [0.3, 0.4) is 0 Å². The van der Waals surface area contributed by atoms with E-state index in [1.54, 1.807) is 43.3 Å². The summed E-state index contributed by atoms with van der Waals surface area (Å²) < 4.78 is 11.8. The third-order valence-electron chi connectivity index (χ3n) is 3.80. The van der Waals surface area contributed by atoms with Gasteiger partial charge in [-0.1, -0.05) is 12.1 Å². The third-order valence-corrected chi connectivity index (χ3v) is 3.80. The average Bonchev–Trinajstić information content (AvgIpc) is 2.66. The molecule has 0 aliphatic rings. The summed E-state index contributed by atoms with van der Waals surface area (Å²) in [5.41, 5.74) is 6.14. The van der Waals surface area contributed by atoms with Gasteiger partial charge in [-0.05, 0) is 42.8 Å². The lowest BCUT2D eigenvalue weighted by molar-refractivity contribution is -0.119. The van der Waals surface area contributed by atoms with Gasteiger partial charge in [0.2, 0.25) is 0 Å². The van der Waals surface area contributed by atoms with Gasteiger partial charge in [-0.3, -0.25) is 9.59 Å². The number of hydrogen-bond donors (Lipinski definition) is 1. The van der Waals surface area contributed by atoms with Crippen molar-refractivity contribution in [1.82, 2.24) is 9.66 Å². The first kappa shape index (κ1) is 18.1. The molecular formula is C19H18N4O4. The second kappa shape index (κ2) is 7.69. The Bertz CT molecular complexity index is 1090. The lowest BCUT2D eigenvalue weighted by Crippen LogP contribution is -2.20. The maximum atomic E-state index is 12.6. The summed E-state index contributed by atoms with van der Waals surface area (Å²) >= 11 is 0. The smallest absolute Gasteiger partial charge is 0.282 e. The topological polar surface area (TPSA) is 109 Å².